The van der Waals surface area contributed by atoms with Crippen LogP contribution in [0.5, 0.6) is 0 Å². The minimum absolute atomic E-state index is 0.208. The lowest BCUT2D eigenvalue weighted by molar-refractivity contribution is 0.884. The Hall–Kier alpha value is -1.97. The fourth-order valence-corrected chi connectivity index (χ4v) is 1.61. The van der Waals surface area contributed by atoms with Crippen LogP contribution in [0.3, 0.4) is 0 Å². The molecule has 1 aromatic carbocycles. The average molecular weight is 216 g/mol. The number of nitrogens with zero attached hydrogens (tertiary/aromatic N) is 1. The van der Waals surface area contributed by atoms with Gasteiger partial charge in [-0.05, 0) is 31.5 Å². The Morgan fingerprint density at radius 1 is 1.44 bits per heavy atom. The monoisotopic (exact) mass is 216 g/mol. The van der Waals surface area contributed by atoms with Gasteiger partial charge in [-0.3, -0.25) is 5.10 Å². The molecule has 0 amide bonds. The molecule has 0 aliphatic rings. The first kappa shape index (κ1) is 10.5. The summed E-state index contributed by atoms with van der Waals surface area (Å²) < 4.78 is 0. The molecule has 2 rings (SSSR count). The maximum atomic E-state index is 5.76. The van der Waals surface area contributed by atoms with Crippen LogP contribution in [-0.2, 0) is 0 Å². The molecule has 2 aromatic rings. The van der Waals surface area contributed by atoms with Gasteiger partial charge in [0.05, 0.1) is 12.2 Å². The van der Waals surface area contributed by atoms with Crippen molar-refractivity contribution in [2.45, 2.75) is 19.9 Å². The van der Waals surface area contributed by atoms with E-state index < -0.39 is 0 Å². The van der Waals surface area contributed by atoms with E-state index in [0.29, 0.717) is 0 Å². The van der Waals surface area contributed by atoms with Crippen molar-refractivity contribution in [2.75, 3.05) is 11.1 Å². The number of hydrogen-bond donors (Lipinski definition) is 3. The molecule has 4 heteroatoms. The van der Waals surface area contributed by atoms with Crippen LogP contribution in [0.4, 0.5) is 11.4 Å². The number of rotatable bonds is 3. The number of aromatic nitrogens is 2. The summed E-state index contributed by atoms with van der Waals surface area (Å²) in [5.41, 5.74) is 9.91. The van der Waals surface area contributed by atoms with Gasteiger partial charge in [0.25, 0.3) is 0 Å². The Morgan fingerprint density at radius 3 is 2.94 bits per heavy atom. The highest BCUT2D eigenvalue weighted by Gasteiger charge is 2.07. The Kier molecular flexibility index (Phi) is 2.81. The predicted molar refractivity (Wildman–Crippen MR) is 66.2 cm³/mol. The zero-order valence-corrected chi connectivity index (χ0v) is 9.49. The molecule has 4 nitrogen and oxygen atoms in total. The van der Waals surface area contributed by atoms with Crippen LogP contribution in [-0.4, -0.2) is 10.2 Å². The van der Waals surface area contributed by atoms with Gasteiger partial charge in [-0.1, -0.05) is 6.07 Å². The lowest BCUT2D eigenvalue weighted by Crippen LogP contribution is -2.07. The largest absolute Gasteiger partial charge is 0.399 e. The van der Waals surface area contributed by atoms with Gasteiger partial charge in [-0.2, -0.15) is 5.10 Å². The molecule has 0 bridgehead atoms. The lowest BCUT2D eigenvalue weighted by atomic mass is 10.1. The highest BCUT2D eigenvalue weighted by atomic mass is 15.1. The van der Waals surface area contributed by atoms with Crippen molar-refractivity contribution < 1.29 is 0 Å². The van der Waals surface area contributed by atoms with Crippen molar-refractivity contribution in [1.82, 2.24) is 10.2 Å². The smallest absolute Gasteiger partial charge is 0.0539 e. The molecule has 4 N–H and O–H groups in total. The van der Waals surface area contributed by atoms with E-state index in [1.165, 1.54) is 5.56 Å². The lowest BCUT2D eigenvalue weighted by Gasteiger charge is -2.16. The third-order valence-corrected chi connectivity index (χ3v) is 2.65. The van der Waals surface area contributed by atoms with Crippen LogP contribution in [0.2, 0.25) is 0 Å². The number of anilines is 2. The Bertz CT molecular complexity index is 462. The second-order valence-corrected chi connectivity index (χ2v) is 3.97. The van der Waals surface area contributed by atoms with Gasteiger partial charge in [-0.15, -0.1) is 0 Å². The summed E-state index contributed by atoms with van der Waals surface area (Å²) in [7, 11) is 0. The van der Waals surface area contributed by atoms with E-state index in [1.54, 1.807) is 0 Å². The minimum atomic E-state index is 0.208. The second kappa shape index (κ2) is 4.26. The van der Waals surface area contributed by atoms with Crippen LogP contribution < -0.4 is 11.1 Å². The van der Waals surface area contributed by atoms with Gasteiger partial charge in [0, 0.05) is 23.1 Å². The molecule has 0 saturated carbocycles. The molecule has 0 saturated heterocycles. The molecule has 0 spiro atoms. The summed E-state index contributed by atoms with van der Waals surface area (Å²) in [5.74, 6) is 0. The molecule has 0 fully saturated rings. The van der Waals surface area contributed by atoms with E-state index in [1.807, 2.05) is 30.6 Å². The minimum Gasteiger partial charge on any atom is -0.399 e. The standard InChI is InChI=1S/C12H16N4/c1-8-3-4-11(13)5-12(8)16-9(2)10-6-14-15-7-10/h3-7,9,16H,13H2,1-2H3,(H,14,15). The van der Waals surface area contributed by atoms with Gasteiger partial charge in [0.2, 0.25) is 0 Å². The van der Waals surface area contributed by atoms with E-state index in [9.17, 15) is 0 Å². The number of nitrogens with two attached hydrogens (primary N) is 1. The van der Waals surface area contributed by atoms with Crippen molar-refractivity contribution in [3.63, 3.8) is 0 Å². The molecular formula is C12H16N4. The zero-order valence-electron chi connectivity index (χ0n) is 9.49. The first-order valence-corrected chi connectivity index (χ1v) is 5.28. The molecule has 1 aromatic heterocycles. The van der Waals surface area contributed by atoms with Crippen LogP contribution in [0.15, 0.2) is 30.6 Å². The predicted octanol–water partition coefficient (Wildman–Crippen LogP) is 2.47. The van der Waals surface area contributed by atoms with E-state index in [4.69, 9.17) is 5.73 Å². The highest BCUT2D eigenvalue weighted by molar-refractivity contribution is 5.59. The molecule has 1 atom stereocenters. The van der Waals surface area contributed by atoms with Gasteiger partial charge >= 0.3 is 0 Å². The molecule has 1 unspecified atom stereocenters. The van der Waals surface area contributed by atoms with Crippen LogP contribution in [0, 0.1) is 6.92 Å². The Labute approximate surface area is 94.9 Å². The molecule has 0 aliphatic carbocycles. The number of aryl methyl sites for hydroxylation is 1. The normalized spacial score (nSPS) is 12.4. The first-order chi connectivity index (χ1) is 7.66. The molecule has 0 aliphatic heterocycles. The average Bonchev–Trinajstić information content (AvgIpc) is 2.76. The summed E-state index contributed by atoms with van der Waals surface area (Å²) in [6.45, 7) is 4.15. The molecule has 1 heterocycles. The summed E-state index contributed by atoms with van der Waals surface area (Å²) in [4.78, 5) is 0. The number of aromatic amines is 1. The number of nitrogens with one attached hydrogen (secondary N) is 2. The molecular weight excluding hydrogens is 200 g/mol. The van der Waals surface area contributed by atoms with Crippen molar-refractivity contribution in [3.05, 3.63) is 41.7 Å². The third kappa shape index (κ3) is 2.16. The SMILES string of the molecule is Cc1ccc(N)cc1NC(C)c1cn[nH]c1. The molecule has 84 valence electrons. The topological polar surface area (TPSA) is 66.7 Å². The summed E-state index contributed by atoms with van der Waals surface area (Å²) in [6, 6.07) is 6.08. The van der Waals surface area contributed by atoms with Crippen molar-refractivity contribution >= 4 is 11.4 Å². The fraction of sp³-hybridized carbons (Fsp3) is 0.250. The molecule has 0 radical (unpaired) electrons. The van der Waals surface area contributed by atoms with Gasteiger partial charge < -0.3 is 11.1 Å². The maximum absolute atomic E-state index is 5.76. The van der Waals surface area contributed by atoms with E-state index in [-0.39, 0.29) is 6.04 Å². The fourth-order valence-electron chi connectivity index (χ4n) is 1.61. The van der Waals surface area contributed by atoms with Crippen LogP contribution in [0.1, 0.15) is 24.1 Å². The van der Waals surface area contributed by atoms with Crippen molar-refractivity contribution in [1.29, 1.82) is 0 Å². The summed E-state index contributed by atoms with van der Waals surface area (Å²) in [6.07, 6.45) is 3.71. The van der Waals surface area contributed by atoms with E-state index >= 15 is 0 Å². The van der Waals surface area contributed by atoms with Gasteiger partial charge in [-0.25, -0.2) is 0 Å². The second-order valence-electron chi connectivity index (χ2n) is 3.97. The Balaban J connectivity index is 2.17. The first-order valence-electron chi connectivity index (χ1n) is 5.28. The highest BCUT2D eigenvalue weighted by Crippen LogP contribution is 2.23. The maximum Gasteiger partial charge on any atom is 0.0539 e. The number of hydrogen-bond acceptors (Lipinski definition) is 3. The number of nitrogen functional groups attached to an aromatic ring is 1. The number of benzene rings is 1. The van der Waals surface area contributed by atoms with Crippen molar-refractivity contribution in [2.24, 2.45) is 0 Å². The van der Waals surface area contributed by atoms with Crippen molar-refractivity contribution in [3.8, 4) is 0 Å². The summed E-state index contributed by atoms with van der Waals surface area (Å²) >= 11 is 0. The van der Waals surface area contributed by atoms with Gasteiger partial charge in [0.15, 0.2) is 0 Å². The Morgan fingerprint density at radius 2 is 2.25 bits per heavy atom. The van der Waals surface area contributed by atoms with E-state index in [2.05, 4.69) is 29.4 Å². The van der Waals surface area contributed by atoms with Crippen LogP contribution in [0.25, 0.3) is 0 Å². The van der Waals surface area contributed by atoms with Gasteiger partial charge in [0.1, 0.15) is 0 Å². The molecule has 16 heavy (non-hydrogen) atoms. The van der Waals surface area contributed by atoms with Crippen LogP contribution >= 0.6 is 0 Å². The zero-order chi connectivity index (χ0) is 11.5. The van der Waals surface area contributed by atoms with E-state index in [0.717, 1.165) is 16.9 Å². The summed E-state index contributed by atoms with van der Waals surface area (Å²) in [5, 5.41) is 10.2. The third-order valence-electron chi connectivity index (χ3n) is 2.65. The number of H-pyrrole nitrogens is 1. The quantitative estimate of drug-likeness (QED) is 0.690.